The molecular weight excluding hydrogens is 431 g/mol. The van der Waals surface area contributed by atoms with Crippen LogP contribution in [-0.4, -0.2) is 21.5 Å². The molecule has 0 unspecified atom stereocenters. The van der Waals surface area contributed by atoms with E-state index in [0.717, 1.165) is 16.8 Å². The molecule has 0 saturated carbocycles. The minimum Gasteiger partial charge on any atom is -0.289 e. The highest BCUT2D eigenvalue weighted by molar-refractivity contribution is 6.50. The summed E-state index contributed by atoms with van der Waals surface area (Å²) in [5.74, 6) is -0.348. The van der Waals surface area contributed by atoms with Crippen molar-refractivity contribution in [2.75, 3.05) is 0 Å². The summed E-state index contributed by atoms with van der Waals surface area (Å²) in [6.07, 6.45) is 0.511. The highest BCUT2D eigenvalue weighted by Gasteiger charge is 2.39. The quantitative estimate of drug-likeness (QED) is 0.450. The van der Waals surface area contributed by atoms with Crippen LogP contribution in [0.1, 0.15) is 65.6 Å². The van der Waals surface area contributed by atoms with Crippen molar-refractivity contribution in [2.45, 2.75) is 40.0 Å². The van der Waals surface area contributed by atoms with Crippen LogP contribution >= 0.6 is 23.2 Å². The number of rotatable bonds is 4. The van der Waals surface area contributed by atoms with Gasteiger partial charge < -0.3 is 0 Å². The number of fused-ring (bicyclic) bond motifs is 2. The van der Waals surface area contributed by atoms with Gasteiger partial charge in [-0.1, -0.05) is 81.2 Å². The fourth-order valence-electron chi connectivity index (χ4n) is 4.12. The van der Waals surface area contributed by atoms with E-state index in [1.54, 1.807) is 24.3 Å². The fourth-order valence-corrected chi connectivity index (χ4v) is 4.91. The molecular formula is C25H22Cl2N2O2. The minimum atomic E-state index is -0.661. The number of hydrogen-bond donors (Lipinski definition) is 0. The summed E-state index contributed by atoms with van der Waals surface area (Å²) >= 11 is 12.7. The number of ketones is 2. The van der Waals surface area contributed by atoms with Crippen molar-refractivity contribution < 1.29 is 9.59 Å². The Morgan fingerprint density at radius 2 is 1.55 bits per heavy atom. The molecule has 31 heavy (non-hydrogen) atoms. The number of allylic oxidation sites excluding steroid dienone is 2. The van der Waals surface area contributed by atoms with Gasteiger partial charge in [-0.2, -0.15) is 0 Å². The van der Waals surface area contributed by atoms with Crippen LogP contribution in [0.25, 0.3) is 11.0 Å². The summed E-state index contributed by atoms with van der Waals surface area (Å²) in [5, 5.41) is 0.417. The summed E-state index contributed by atoms with van der Waals surface area (Å²) in [6, 6.07) is 12.6. The lowest BCUT2D eigenvalue weighted by Crippen LogP contribution is -2.31. The Kier molecular flexibility index (Phi) is 5.48. The molecule has 0 atom stereocenters. The standard InChI is InChI=1S/C25H22Cl2N2O2/c1-13(2)21-24(27)29-17-10-9-14(11-18(17)28-21)12-25(3,4)19-20(26)23(31)16-8-6-5-7-15(16)22(19)30/h5-11,13H,12H2,1-4H3. The van der Waals surface area contributed by atoms with Gasteiger partial charge in [-0.25, -0.2) is 9.97 Å². The predicted molar refractivity (Wildman–Crippen MR) is 124 cm³/mol. The molecule has 3 aromatic rings. The van der Waals surface area contributed by atoms with Gasteiger partial charge in [-0.3, -0.25) is 9.59 Å². The third-order valence-corrected chi connectivity index (χ3v) is 6.28. The van der Waals surface area contributed by atoms with E-state index < -0.39 is 5.41 Å². The Morgan fingerprint density at radius 3 is 2.19 bits per heavy atom. The van der Waals surface area contributed by atoms with Crippen molar-refractivity contribution in [1.29, 1.82) is 0 Å². The smallest absolute Gasteiger partial charge is 0.205 e. The van der Waals surface area contributed by atoms with Crippen LogP contribution in [0.2, 0.25) is 5.15 Å². The van der Waals surface area contributed by atoms with E-state index in [4.69, 9.17) is 28.2 Å². The molecule has 1 aliphatic carbocycles. The molecule has 6 heteroatoms. The molecule has 0 bridgehead atoms. The maximum atomic E-state index is 13.2. The highest BCUT2D eigenvalue weighted by atomic mass is 35.5. The van der Waals surface area contributed by atoms with Crippen molar-refractivity contribution in [3.8, 4) is 0 Å². The molecule has 0 N–H and O–H groups in total. The molecule has 158 valence electrons. The lowest BCUT2D eigenvalue weighted by Gasteiger charge is -2.31. The van der Waals surface area contributed by atoms with E-state index in [9.17, 15) is 9.59 Å². The summed E-state index contributed by atoms with van der Waals surface area (Å²) in [7, 11) is 0. The van der Waals surface area contributed by atoms with E-state index in [1.165, 1.54) is 0 Å². The summed E-state index contributed by atoms with van der Waals surface area (Å²) in [6.45, 7) is 7.90. The van der Waals surface area contributed by atoms with Crippen LogP contribution < -0.4 is 0 Å². The summed E-state index contributed by atoms with van der Waals surface area (Å²) < 4.78 is 0. The van der Waals surface area contributed by atoms with E-state index in [0.29, 0.717) is 33.8 Å². The van der Waals surface area contributed by atoms with Gasteiger partial charge in [-0.05, 0) is 35.4 Å². The second kappa shape index (κ2) is 7.85. The Bertz CT molecular complexity index is 1280. The largest absolute Gasteiger partial charge is 0.289 e. The minimum absolute atomic E-state index is 0.00292. The molecule has 0 spiro atoms. The highest BCUT2D eigenvalue weighted by Crippen LogP contribution is 2.41. The lowest BCUT2D eigenvalue weighted by molar-refractivity contribution is 0.0960. The molecule has 0 aliphatic heterocycles. The third kappa shape index (κ3) is 3.79. The van der Waals surface area contributed by atoms with Crippen LogP contribution in [0, 0.1) is 5.41 Å². The number of hydrogen-bond acceptors (Lipinski definition) is 4. The first-order valence-electron chi connectivity index (χ1n) is 10.1. The van der Waals surface area contributed by atoms with Crippen LogP contribution in [0.3, 0.4) is 0 Å². The topological polar surface area (TPSA) is 59.9 Å². The molecule has 0 fully saturated rings. The van der Waals surface area contributed by atoms with Crippen molar-refractivity contribution >= 4 is 45.8 Å². The molecule has 0 radical (unpaired) electrons. The van der Waals surface area contributed by atoms with E-state index >= 15 is 0 Å². The second-order valence-corrected chi connectivity index (χ2v) is 9.57. The molecule has 1 aliphatic rings. The number of aromatic nitrogens is 2. The fraction of sp³-hybridized carbons (Fsp3) is 0.280. The Morgan fingerprint density at radius 1 is 0.903 bits per heavy atom. The lowest BCUT2D eigenvalue weighted by atomic mass is 9.72. The first kappa shape index (κ1) is 21.7. The molecule has 0 amide bonds. The van der Waals surface area contributed by atoms with Crippen molar-refractivity contribution in [1.82, 2.24) is 9.97 Å². The second-order valence-electron chi connectivity index (χ2n) is 8.83. The zero-order valence-corrected chi connectivity index (χ0v) is 19.3. The first-order chi connectivity index (χ1) is 14.6. The van der Waals surface area contributed by atoms with Gasteiger partial charge in [0.05, 0.1) is 21.8 Å². The number of benzene rings is 2. The zero-order valence-electron chi connectivity index (χ0n) is 17.8. The number of carbonyl (C=O) groups is 2. The van der Waals surface area contributed by atoms with Gasteiger partial charge in [0, 0.05) is 16.7 Å². The van der Waals surface area contributed by atoms with E-state index in [1.807, 2.05) is 45.9 Å². The Labute approximate surface area is 191 Å². The van der Waals surface area contributed by atoms with E-state index in [2.05, 4.69) is 4.98 Å². The van der Waals surface area contributed by atoms with Crippen LogP contribution in [-0.2, 0) is 6.42 Å². The molecule has 1 heterocycles. The molecule has 2 aromatic carbocycles. The summed E-state index contributed by atoms with van der Waals surface area (Å²) in [4.78, 5) is 35.2. The normalized spacial score (nSPS) is 14.5. The maximum absolute atomic E-state index is 13.2. The average Bonchev–Trinajstić information content (AvgIpc) is 2.71. The molecule has 0 saturated heterocycles. The maximum Gasteiger partial charge on any atom is 0.205 e. The van der Waals surface area contributed by atoms with Crippen LogP contribution in [0.5, 0.6) is 0 Å². The van der Waals surface area contributed by atoms with Gasteiger partial charge in [0.15, 0.2) is 10.9 Å². The first-order valence-corrected chi connectivity index (χ1v) is 10.9. The van der Waals surface area contributed by atoms with Gasteiger partial charge in [0.1, 0.15) is 0 Å². The SMILES string of the molecule is CC(C)c1nc2cc(CC(C)(C)C3=C(Cl)C(=O)c4ccccc4C3=O)ccc2nc1Cl. The Hall–Kier alpha value is -2.56. The molecule has 1 aromatic heterocycles. The van der Waals surface area contributed by atoms with Crippen LogP contribution in [0.4, 0.5) is 0 Å². The van der Waals surface area contributed by atoms with Crippen LogP contribution in [0.15, 0.2) is 53.1 Å². The third-order valence-electron chi connectivity index (χ3n) is 5.64. The van der Waals surface area contributed by atoms with Gasteiger partial charge in [-0.15, -0.1) is 0 Å². The van der Waals surface area contributed by atoms with Gasteiger partial charge >= 0.3 is 0 Å². The van der Waals surface area contributed by atoms with Crippen molar-refractivity contribution in [2.24, 2.45) is 5.41 Å². The Balaban J connectivity index is 1.74. The van der Waals surface area contributed by atoms with Gasteiger partial charge in [0.2, 0.25) is 5.78 Å². The van der Waals surface area contributed by atoms with Gasteiger partial charge in [0.25, 0.3) is 0 Å². The molecule has 4 nitrogen and oxygen atoms in total. The number of nitrogens with zero attached hydrogens (tertiary/aromatic N) is 2. The average molecular weight is 453 g/mol. The zero-order chi connectivity index (χ0) is 22.5. The van der Waals surface area contributed by atoms with Crippen molar-refractivity contribution in [3.05, 3.63) is 80.6 Å². The van der Waals surface area contributed by atoms with Crippen molar-refractivity contribution in [3.63, 3.8) is 0 Å². The predicted octanol–water partition coefficient (Wildman–Crippen LogP) is 6.55. The number of halogens is 2. The van der Waals surface area contributed by atoms with E-state index in [-0.39, 0.29) is 22.5 Å². The number of carbonyl (C=O) groups excluding carboxylic acids is 2. The monoisotopic (exact) mass is 452 g/mol. The summed E-state index contributed by atoms with van der Waals surface area (Å²) in [5.41, 5.74) is 3.63. The molecule has 4 rings (SSSR count). The number of Topliss-reactive ketones (excluding diaryl/α,β-unsaturated/α-hetero) is 2.